The number of hydrogen-bond donors (Lipinski definition) is 0. The Hall–Kier alpha value is 3.03. The normalized spacial score (nSPS) is 12.8. The predicted molar refractivity (Wildman–Crippen MR) is 58.3 cm³/mol. The van der Waals surface area contributed by atoms with E-state index in [2.05, 4.69) is 68.0 Å². The summed E-state index contributed by atoms with van der Waals surface area (Å²) >= 11 is 7.36. The zero-order valence-corrected chi connectivity index (χ0v) is 13.6. The molecule has 0 atom stereocenters. The number of rotatable bonds is 2. The summed E-state index contributed by atoms with van der Waals surface area (Å²) in [6.07, 6.45) is 0.413. The molecule has 0 radical (unpaired) electrons. The fraction of sp³-hybridized carbons (Fsp3) is 1.00. The molecular formula is C3H7I3OZr. The first-order chi connectivity index (χ1) is 3.42. The van der Waals surface area contributed by atoms with E-state index in [9.17, 15) is 0 Å². The van der Waals surface area contributed by atoms with Gasteiger partial charge in [0, 0.05) is 0 Å². The van der Waals surface area contributed by atoms with Gasteiger partial charge in [-0.15, -0.1) is 0 Å². The maximum atomic E-state index is 5.61. The van der Waals surface area contributed by atoms with E-state index in [1.54, 1.807) is 0 Å². The minimum atomic E-state index is -1.95. The van der Waals surface area contributed by atoms with E-state index in [1.165, 1.54) is 0 Å². The SMILES string of the molecule is CC(C)[O][Zr]([I])([I])[I]. The van der Waals surface area contributed by atoms with Crippen LogP contribution in [0.25, 0.3) is 0 Å². The Kier molecular flexibility index (Phi) is 6.65. The molecule has 0 saturated heterocycles. The third-order valence-electron chi connectivity index (χ3n) is 0.369. The van der Waals surface area contributed by atoms with Crippen LogP contribution >= 0.6 is 54.1 Å². The zero-order chi connectivity index (χ0) is 6.78. The van der Waals surface area contributed by atoms with E-state index in [4.69, 9.17) is 2.81 Å². The molecular weight excluding hydrogens is 524 g/mol. The van der Waals surface area contributed by atoms with Crippen molar-refractivity contribution >= 4 is 54.1 Å². The van der Waals surface area contributed by atoms with Crippen LogP contribution in [0.2, 0.25) is 0 Å². The molecule has 0 aromatic carbocycles. The predicted octanol–water partition coefficient (Wildman–Crippen LogP) is 3.53. The molecule has 0 rings (SSSR count). The van der Waals surface area contributed by atoms with Gasteiger partial charge in [-0.05, 0) is 0 Å². The molecule has 0 N–H and O–H groups in total. The summed E-state index contributed by atoms with van der Waals surface area (Å²) in [6, 6.07) is 0. The van der Waals surface area contributed by atoms with Gasteiger partial charge in [0.05, 0.1) is 0 Å². The Balaban J connectivity index is 3.39. The molecule has 0 amide bonds. The first kappa shape index (κ1) is 11.0. The van der Waals surface area contributed by atoms with Crippen molar-refractivity contribution in [1.29, 1.82) is 0 Å². The molecule has 0 aliphatic rings. The Morgan fingerprint density at radius 3 is 1.62 bits per heavy atom. The summed E-state index contributed by atoms with van der Waals surface area (Å²) in [5.74, 6) is 0. The first-order valence-electron chi connectivity index (χ1n) is 2.16. The average molecular weight is 531 g/mol. The van der Waals surface area contributed by atoms with Gasteiger partial charge in [0.2, 0.25) is 0 Å². The molecule has 0 unspecified atom stereocenters. The summed E-state index contributed by atoms with van der Waals surface area (Å²) in [4.78, 5) is 0. The minimum absolute atomic E-state index is 0.413. The second-order valence-electron chi connectivity index (χ2n) is 1.61. The molecule has 8 heavy (non-hydrogen) atoms. The molecule has 0 aliphatic carbocycles. The molecule has 0 heterocycles. The van der Waals surface area contributed by atoms with Gasteiger partial charge in [0.1, 0.15) is 0 Å². The fourth-order valence-corrected chi connectivity index (χ4v) is 10.6. The zero-order valence-electron chi connectivity index (χ0n) is 4.62. The van der Waals surface area contributed by atoms with Crippen LogP contribution in [0.1, 0.15) is 13.8 Å². The van der Waals surface area contributed by atoms with Crippen molar-refractivity contribution in [2.24, 2.45) is 0 Å². The van der Waals surface area contributed by atoms with Crippen molar-refractivity contribution < 1.29 is 10.9 Å². The number of halogens is 3. The second-order valence-corrected chi connectivity index (χ2v) is 68.0. The van der Waals surface area contributed by atoms with Crippen LogP contribution in [0.5, 0.6) is 0 Å². The van der Waals surface area contributed by atoms with Crippen LogP contribution in [0.3, 0.4) is 0 Å². The molecule has 50 valence electrons. The van der Waals surface area contributed by atoms with Crippen molar-refractivity contribution in [3.05, 3.63) is 0 Å². The van der Waals surface area contributed by atoms with Crippen LogP contribution in [-0.4, -0.2) is 6.10 Å². The van der Waals surface area contributed by atoms with Gasteiger partial charge >= 0.3 is 85.0 Å². The van der Waals surface area contributed by atoms with Gasteiger partial charge in [-0.2, -0.15) is 0 Å². The van der Waals surface area contributed by atoms with Crippen molar-refractivity contribution in [1.82, 2.24) is 0 Å². The Morgan fingerprint density at radius 1 is 1.25 bits per heavy atom. The molecule has 0 aromatic rings. The summed E-state index contributed by atoms with van der Waals surface area (Å²) < 4.78 is 5.61. The van der Waals surface area contributed by atoms with Crippen LogP contribution in [0.15, 0.2) is 0 Å². The van der Waals surface area contributed by atoms with E-state index in [1.807, 2.05) is 0 Å². The third kappa shape index (κ3) is 9.03. The van der Waals surface area contributed by atoms with Gasteiger partial charge in [-0.25, -0.2) is 0 Å². The maximum absolute atomic E-state index is 5.61. The van der Waals surface area contributed by atoms with E-state index < -0.39 is 8.14 Å². The summed E-state index contributed by atoms with van der Waals surface area (Å²) in [5.41, 5.74) is 0. The van der Waals surface area contributed by atoms with Gasteiger partial charge in [0.25, 0.3) is 0 Å². The fourth-order valence-electron chi connectivity index (χ4n) is 0.267. The standard InChI is InChI=1S/C3H7O.3HI.Zr/c1-3(2)4;;;;/h3H,1-2H3;3*1H;/q-1;;;;+4/p-3. The van der Waals surface area contributed by atoms with Crippen molar-refractivity contribution in [2.75, 3.05) is 0 Å². The van der Waals surface area contributed by atoms with E-state index in [-0.39, 0.29) is 0 Å². The molecule has 0 saturated carbocycles. The molecule has 5 heteroatoms. The monoisotopic (exact) mass is 530 g/mol. The summed E-state index contributed by atoms with van der Waals surface area (Å²) in [7, 11) is -1.95. The molecule has 1 nitrogen and oxygen atoms in total. The molecule has 0 aliphatic heterocycles. The molecule has 0 aromatic heterocycles. The third-order valence-corrected chi connectivity index (χ3v) is 6.70. The molecule has 0 fully saturated rings. The Bertz CT molecular complexity index is 69.4. The van der Waals surface area contributed by atoms with Gasteiger partial charge in [0.15, 0.2) is 0 Å². The van der Waals surface area contributed by atoms with Crippen molar-refractivity contribution in [2.45, 2.75) is 20.0 Å². The Morgan fingerprint density at radius 2 is 1.62 bits per heavy atom. The van der Waals surface area contributed by atoms with Crippen LogP contribution in [-0.2, 0) is 10.9 Å². The van der Waals surface area contributed by atoms with Crippen LogP contribution < -0.4 is 0 Å². The quantitative estimate of drug-likeness (QED) is 0.496. The van der Waals surface area contributed by atoms with Crippen molar-refractivity contribution in [3.63, 3.8) is 0 Å². The van der Waals surface area contributed by atoms with Gasteiger partial charge in [-0.3, -0.25) is 0 Å². The second kappa shape index (κ2) is 4.82. The van der Waals surface area contributed by atoms with E-state index >= 15 is 0 Å². The average Bonchev–Trinajstić information content (AvgIpc) is 1.21. The topological polar surface area (TPSA) is 9.23 Å². The van der Waals surface area contributed by atoms with E-state index in [0.29, 0.717) is 6.10 Å². The van der Waals surface area contributed by atoms with E-state index in [0.717, 1.165) is 0 Å². The number of hydrogen-bond acceptors (Lipinski definition) is 1. The van der Waals surface area contributed by atoms with Crippen LogP contribution in [0, 0.1) is 0 Å². The Labute approximate surface area is 82.8 Å². The molecule has 0 bridgehead atoms. The van der Waals surface area contributed by atoms with Gasteiger partial charge in [-0.1, -0.05) is 0 Å². The molecule has 0 spiro atoms. The summed E-state index contributed by atoms with van der Waals surface area (Å²) in [6.45, 7) is 4.17. The van der Waals surface area contributed by atoms with Crippen molar-refractivity contribution in [3.8, 4) is 0 Å². The summed E-state index contributed by atoms with van der Waals surface area (Å²) in [5, 5.41) is 0. The first-order valence-corrected chi connectivity index (χ1v) is 25.1. The van der Waals surface area contributed by atoms with Gasteiger partial charge < -0.3 is 0 Å². The van der Waals surface area contributed by atoms with Crippen LogP contribution in [0.4, 0.5) is 0 Å².